The SMILES string of the molecule is CCc1nn(Cc2ncnn2CC)c(CC)c1S(N)(=O)=O. The lowest BCUT2D eigenvalue weighted by Gasteiger charge is -2.07. The van der Waals surface area contributed by atoms with Crippen LogP contribution in [0.15, 0.2) is 11.2 Å². The van der Waals surface area contributed by atoms with E-state index in [-0.39, 0.29) is 4.90 Å². The van der Waals surface area contributed by atoms with E-state index in [1.54, 1.807) is 9.36 Å². The zero-order valence-electron chi connectivity index (χ0n) is 12.4. The van der Waals surface area contributed by atoms with E-state index in [4.69, 9.17) is 5.14 Å². The number of aryl methyl sites for hydroxylation is 2. The average Bonchev–Trinajstić information content (AvgIpc) is 3.01. The first-order chi connectivity index (χ1) is 9.92. The van der Waals surface area contributed by atoms with Gasteiger partial charge >= 0.3 is 0 Å². The number of hydrogen-bond acceptors (Lipinski definition) is 5. The summed E-state index contributed by atoms with van der Waals surface area (Å²) in [6, 6.07) is 0. The van der Waals surface area contributed by atoms with Gasteiger partial charge in [0.2, 0.25) is 10.0 Å². The Balaban J connectivity index is 2.52. The fourth-order valence-corrected chi connectivity index (χ4v) is 3.47. The van der Waals surface area contributed by atoms with Gasteiger partial charge < -0.3 is 0 Å². The van der Waals surface area contributed by atoms with Gasteiger partial charge in [-0.3, -0.25) is 4.68 Å². The number of primary sulfonamides is 1. The molecule has 2 rings (SSSR count). The minimum absolute atomic E-state index is 0.148. The van der Waals surface area contributed by atoms with Crippen LogP contribution in [0.1, 0.15) is 38.0 Å². The average molecular weight is 312 g/mol. The highest BCUT2D eigenvalue weighted by molar-refractivity contribution is 7.89. The molecule has 0 saturated carbocycles. The highest BCUT2D eigenvalue weighted by atomic mass is 32.2. The number of nitrogens with zero attached hydrogens (tertiary/aromatic N) is 5. The number of hydrogen-bond donors (Lipinski definition) is 1. The standard InChI is InChI=1S/C12H20N6O2S/c1-4-9-12(21(13,19)20)10(5-2)18(16-9)7-11-14-8-15-17(11)6-3/h8H,4-7H2,1-3H3,(H2,13,19,20). The Morgan fingerprint density at radius 3 is 2.43 bits per heavy atom. The van der Waals surface area contributed by atoms with E-state index < -0.39 is 10.0 Å². The van der Waals surface area contributed by atoms with Crippen molar-refractivity contribution in [3.8, 4) is 0 Å². The van der Waals surface area contributed by atoms with Gasteiger partial charge in [-0.05, 0) is 19.8 Å². The van der Waals surface area contributed by atoms with Gasteiger partial charge in [0.1, 0.15) is 23.6 Å². The minimum Gasteiger partial charge on any atom is -0.260 e. The fraction of sp³-hybridized carbons (Fsp3) is 0.583. The van der Waals surface area contributed by atoms with Gasteiger partial charge in [0.15, 0.2) is 0 Å². The van der Waals surface area contributed by atoms with Crippen LogP contribution in [0.2, 0.25) is 0 Å². The van der Waals surface area contributed by atoms with Crippen LogP contribution in [0, 0.1) is 0 Å². The van der Waals surface area contributed by atoms with Crippen molar-refractivity contribution in [1.82, 2.24) is 24.5 Å². The third-order valence-electron chi connectivity index (χ3n) is 3.32. The van der Waals surface area contributed by atoms with Crippen LogP contribution in [0.5, 0.6) is 0 Å². The molecule has 0 fully saturated rings. The Kier molecular flexibility index (Phi) is 4.43. The van der Waals surface area contributed by atoms with Gasteiger partial charge in [-0.25, -0.2) is 23.2 Å². The lowest BCUT2D eigenvalue weighted by Crippen LogP contribution is -2.17. The van der Waals surface area contributed by atoms with Crippen LogP contribution >= 0.6 is 0 Å². The van der Waals surface area contributed by atoms with E-state index in [1.807, 2.05) is 20.8 Å². The van der Waals surface area contributed by atoms with Gasteiger partial charge in [0.05, 0.1) is 11.4 Å². The molecule has 2 N–H and O–H groups in total. The molecule has 0 unspecified atom stereocenters. The Labute approximate surface area is 124 Å². The van der Waals surface area contributed by atoms with Crippen LogP contribution in [0.4, 0.5) is 0 Å². The molecule has 0 bridgehead atoms. The van der Waals surface area contributed by atoms with Gasteiger partial charge in [-0.15, -0.1) is 0 Å². The summed E-state index contributed by atoms with van der Waals surface area (Å²) in [6.07, 6.45) is 2.51. The molecule has 2 heterocycles. The molecule has 21 heavy (non-hydrogen) atoms. The lowest BCUT2D eigenvalue weighted by atomic mass is 10.2. The van der Waals surface area contributed by atoms with Crippen LogP contribution in [0.25, 0.3) is 0 Å². The second-order valence-corrected chi connectivity index (χ2v) is 6.12. The highest BCUT2D eigenvalue weighted by Crippen LogP contribution is 2.21. The molecule has 0 aromatic carbocycles. The maximum Gasteiger partial charge on any atom is 0.241 e. The van der Waals surface area contributed by atoms with E-state index in [0.717, 1.165) is 5.82 Å². The van der Waals surface area contributed by atoms with Crippen molar-refractivity contribution >= 4 is 10.0 Å². The summed E-state index contributed by atoms with van der Waals surface area (Å²) in [5.74, 6) is 0.735. The normalized spacial score (nSPS) is 12.0. The molecule has 9 heteroatoms. The summed E-state index contributed by atoms with van der Waals surface area (Å²) in [5.41, 5.74) is 1.11. The van der Waals surface area contributed by atoms with E-state index in [2.05, 4.69) is 15.2 Å². The summed E-state index contributed by atoms with van der Waals surface area (Å²) in [4.78, 5) is 4.34. The van der Waals surface area contributed by atoms with Crippen LogP contribution < -0.4 is 5.14 Å². The smallest absolute Gasteiger partial charge is 0.241 e. The molecule has 0 radical (unpaired) electrons. The van der Waals surface area contributed by atoms with Crippen molar-refractivity contribution in [3.63, 3.8) is 0 Å². The number of aromatic nitrogens is 5. The van der Waals surface area contributed by atoms with Crippen molar-refractivity contribution < 1.29 is 8.42 Å². The van der Waals surface area contributed by atoms with Crippen molar-refractivity contribution in [2.24, 2.45) is 5.14 Å². The first kappa shape index (κ1) is 15.6. The predicted molar refractivity (Wildman–Crippen MR) is 77.2 cm³/mol. The predicted octanol–water partition coefficient (Wildman–Crippen LogP) is 0.315. The molecule has 0 atom stereocenters. The largest absolute Gasteiger partial charge is 0.260 e. The molecule has 0 saturated heterocycles. The molecule has 2 aromatic rings. The number of nitrogens with two attached hydrogens (primary N) is 1. The molecule has 0 aliphatic carbocycles. The third kappa shape index (κ3) is 2.98. The monoisotopic (exact) mass is 312 g/mol. The Morgan fingerprint density at radius 1 is 1.19 bits per heavy atom. The Bertz CT molecular complexity index is 731. The summed E-state index contributed by atoms with van der Waals surface area (Å²) >= 11 is 0. The second-order valence-electron chi connectivity index (χ2n) is 4.62. The molecular formula is C12H20N6O2S. The quantitative estimate of drug-likeness (QED) is 0.826. The summed E-state index contributed by atoms with van der Waals surface area (Å²) in [7, 11) is -3.79. The van der Waals surface area contributed by atoms with Crippen LogP contribution in [-0.2, 0) is 36.0 Å². The topological polar surface area (TPSA) is 109 Å². The molecule has 0 spiro atoms. The first-order valence-electron chi connectivity index (χ1n) is 6.90. The Morgan fingerprint density at radius 2 is 1.90 bits per heavy atom. The lowest BCUT2D eigenvalue weighted by molar-refractivity contribution is 0.551. The van der Waals surface area contributed by atoms with E-state index in [0.29, 0.717) is 37.3 Å². The van der Waals surface area contributed by atoms with Gasteiger partial charge in [-0.1, -0.05) is 13.8 Å². The molecule has 0 amide bonds. The highest BCUT2D eigenvalue weighted by Gasteiger charge is 2.24. The molecule has 0 aliphatic rings. The Hall–Kier alpha value is -1.74. The van der Waals surface area contributed by atoms with E-state index in [9.17, 15) is 8.42 Å². The summed E-state index contributed by atoms with van der Waals surface area (Å²) in [6.45, 7) is 6.77. The van der Waals surface area contributed by atoms with Crippen molar-refractivity contribution in [2.45, 2.75) is 51.6 Å². The zero-order valence-corrected chi connectivity index (χ0v) is 13.3. The molecular weight excluding hydrogens is 292 g/mol. The second kappa shape index (κ2) is 5.94. The summed E-state index contributed by atoms with van der Waals surface area (Å²) in [5, 5.41) is 13.8. The molecule has 8 nitrogen and oxygen atoms in total. The molecule has 0 aliphatic heterocycles. The van der Waals surface area contributed by atoms with Crippen molar-refractivity contribution in [2.75, 3.05) is 0 Å². The fourth-order valence-electron chi connectivity index (χ4n) is 2.38. The number of rotatable bonds is 6. The molecule has 116 valence electrons. The maximum absolute atomic E-state index is 11.8. The van der Waals surface area contributed by atoms with Gasteiger partial charge in [-0.2, -0.15) is 10.2 Å². The van der Waals surface area contributed by atoms with E-state index >= 15 is 0 Å². The minimum atomic E-state index is -3.79. The summed E-state index contributed by atoms with van der Waals surface area (Å²) < 4.78 is 27.1. The first-order valence-corrected chi connectivity index (χ1v) is 8.44. The van der Waals surface area contributed by atoms with Crippen molar-refractivity contribution in [3.05, 3.63) is 23.5 Å². The van der Waals surface area contributed by atoms with Crippen molar-refractivity contribution in [1.29, 1.82) is 0 Å². The third-order valence-corrected chi connectivity index (χ3v) is 4.36. The van der Waals surface area contributed by atoms with Crippen LogP contribution in [0.3, 0.4) is 0 Å². The van der Waals surface area contributed by atoms with Crippen LogP contribution in [-0.4, -0.2) is 33.0 Å². The van der Waals surface area contributed by atoms with Gasteiger partial charge in [0, 0.05) is 6.54 Å². The molecule has 2 aromatic heterocycles. The van der Waals surface area contributed by atoms with E-state index in [1.165, 1.54) is 6.33 Å². The zero-order chi connectivity index (χ0) is 15.6. The number of sulfonamides is 1. The van der Waals surface area contributed by atoms with Gasteiger partial charge in [0.25, 0.3) is 0 Å². The maximum atomic E-state index is 11.8.